The molecule has 7 nitrogen and oxygen atoms in total. The number of benzene rings is 2. The van der Waals surface area contributed by atoms with Crippen LogP contribution in [0.3, 0.4) is 0 Å². The van der Waals surface area contributed by atoms with Gasteiger partial charge < -0.3 is 14.6 Å². The lowest BCUT2D eigenvalue weighted by molar-refractivity contribution is -0.116. The Morgan fingerprint density at radius 1 is 1.15 bits per heavy atom. The van der Waals surface area contributed by atoms with Crippen LogP contribution >= 0.6 is 11.8 Å². The highest BCUT2D eigenvalue weighted by Gasteiger charge is 2.17. The number of anilines is 1. The smallest absolute Gasteiger partial charge is 0.277 e. The molecule has 0 aliphatic heterocycles. The standard InChI is InChI=1S/C25H26N4O3S/c1-16-21(12-13-23(30)26-18-6-5-7-20(14-18)33-4)25(31)29-24(28(16)2)15-22(27-29)17-8-10-19(32-3)11-9-17/h5-11,14-15H,12-13H2,1-4H3,(H,26,30). The van der Waals surface area contributed by atoms with Gasteiger partial charge in [0, 0.05) is 46.9 Å². The lowest BCUT2D eigenvalue weighted by atomic mass is 10.1. The maximum Gasteiger partial charge on any atom is 0.277 e. The maximum atomic E-state index is 13.2. The molecule has 1 amide bonds. The Bertz CT molecular complexity index is 1370. The van der Waals surface area contributed by atoms with Crippen molar-refractivity contribution in [3.05, 3.63) is 76.2 Å². The molecule has 0 saturated carbocycles. The van der Waals surface area contributed by atoms with E-state index in [9.17, 15) is 9.59 Å². The van der Waals surface area contributed by atoms with Crippen LogP contribution in [-0.4, -0.2) is 33.5 Å². The van der Waals surface area contributed by atoms with Crippen LogP contribution in [0.5, 0.6) is 5.75 Å². The summed E-state index contributed by atoms with van der Waals surface area (Å²) in [4.78, 5) is 26.9. The topological polar surface area (TPSA) is 77.6 Å². The largest absolute Gasteiger partial charge is 0.497 e. The fraction of sp³-hybridized carbons (Fsp3) is 0.240. The van der Waals surface area contributed by atoms with Gasteiger partial charge in [0.15, 0.2) is 0 Å². The van der Waals surface area contributed by atoms with Crippen molar-refractivity contribution >= 4 is 29.0 Å². The molecule has 170 valence electrons. The van der Waals surface area contributed by atoms with Crippen LogP contribution in [0.4, 0.5) is 5.69 Å². The number of aryl methyl sites for hydroxylation is 1. The first-order valence-electron chi connectivity index (χ1n) is 10.6. The average Bonchev–Trinajstić information content (AvgIpc) is 3.29. The molecule has 2 heterocycles. The molecular weight excluding hydrogens is 436 g/mol. The third-order valence-corrected chi connectivity index (χ3v) is 6.49. The third kappa shape index (κ3) is 4.66. The second-order valence-corrected chi connectivity index (χ2v) is 8.62. The summed E-state index contributed by atoms with van der Waals surface area (Å²) >= 11 is 1.62. The van der Waals surface area contributed by atoms with Crippen LogP contribution in [0.1, 0.15) is 17.7 Å². The number of amides is 1. The summed E-state index contributed by atoms with van der Waals surface area (Å²) in [6.45, 7) is 1.90. The van der Waals surface area contributed by atoms with Crippen molar-refractivity contribution < 1.29 is 9.53 Å². The first-order valence-corrected chi connectivity index (χ1v) is 11.8. The molecule has 2 aromatic carbocycles. The number of thioether (sulfide) groups is 1. The molecule has 0 spiro atoms. The SMILES string of the molecule is COc1ccc(-c2cc3n(C)c(C)c(CCC(=O)Nc4cccc(SC)c4)c(=O)n3n2)cc1. The second kappa shape index (κ2) is 9.54. The van der Waals surface area contributed by atoms with Crippen molar-refractivity contribution in [2.45, 2.75) is 24.7 Å². The van der Waals surface area contributed by atoms with Crippen LogP contribution in [0, 0.1) is 6.92 Å². The van der Waals surface area contributed by atoms with Crippen molar-refractivity contribution in [2.75, 3.05) is 18.7 Å². The summed E-state index contributed by atoms with van der Waals surface area (Å²) in [6, 6.07) is 17.1. The lowest BCUT2D eigenvalue weighted by Crippen LogP contribution is -2.26. The van der Waals surface area contributed by atoms with Gasteiger partial charge in [-0.3, -0.25) is 9.59 Å². The van der Waals surface area contributed by atoms with Crippen molar-refractivity contribution in [2.24, 2.45) is 7.05 Å². The summed E-state index contributed by atoms with van der Waals surface area (Å²) in [6.07, 6.45) is 2.53. The van der Waals surface area contributed by atoms with Crippen LogP contribution in [-0.2, 0) is 18.3 Å². The Morgan fingerprint density at radius 3 is 2.61 bits per heavy atom. The number of nitrogens with one attached hydrogen (secondary N) is 1. The molecule has 4 rings (SSSR count). The van der Waals surface area contributed by atoms with Crippen LogP contribution in [0.25, 0.3) is 16.9 Å². The molecule has 0 fully saturated rings. The number of nitrogens with zero attached hydrogens (tertiary/aromatic N) is 3. The number of carbonyl (C=O) groups is 1. The van der Waals surface area contributed by atoms with E-state index in [-0.39, 0.29) is 17.9 Å². The number of fused-ring (bicyclic) bond motifs is 1. The summed E-state index contributed by atoms with van der Waals surface area (Å²) in [5, 5.41) is 7.47. The number of hydrogen-bond donors (Lipinski definition) is 1. The fourth-order valence-corrected chi connectivity index (χ4v) is 4.23. The van der Waals surface area contributed by atoms with Crippen LogP contribution in [0.15, 0.2) is 64.3 Å². The van der Waals surface area contributed by atoms with Gasteiger partial charge in [0.05, 0.1) is 12.8 Å². The Hall–Kier alpha value is -3.52. The monoisotopic (exact) mass is 462 g/mol. The summed E-state index contributed by atoms with van der Waals surface area (Å²) in [5.41, 5.74) is 4.26. The molecule has 4 aromatic rings. The Morgan fingerprint density at radius 2 is 1.91 bits per heavy atom. The highest BCUT2D eigenvalue weighted by atomic mass is 32.2. The van der Waals surface area contributed by atoms with Gasteiger partial charge in [-0.05, 0) is 62.1 Å². The van der Waals surface area contributed by atoms with E-state index >= 15 is 0 Å². The molecule has 0 saturated heterocycles. The van der Waals surface area contributed by atoms with Crippen molar-refractivity contribution in [1.82, 2.24) is 14.2 Å². The Balaban J connectivity index is 1.58. The lowest BCUT2D eigenvalue weighted by Gasteiger charge is -2.12. The van der Waals surface area contributed by atoms with Gasteiger partial charge >= 0.3 is 0 Å². The minimum Gasteiger partial charge on any atom is -0.497 e. The van der Waals surface area contributed by atoms with Gasteiger partial charge in [-0.1, -0.05) is 6.07 Å². The van der Waals surface area contributed by atoms with Gasteiger partial charge in [-0.2, -0.15) is 9.61 Å². The molecule has 1 N–H and O–H groups in total. The zero-order chi connectivity index (χ0) is 23.5. The quantitative estimate of drug-likeness (QED) is 0.414. The number of aromatic nitrogens is 3. The Kier molecular flexibility index (Phi) is 6.55. The highest BCUT2D eigenvalue weighted by molar-refractivity contribution is 7.98. The van der Waals surface area contributed by atoms with E-state index in [4.69, 9.17) is 4.74 Å². The maximum absolute atomic E-state index is 13.2. The minimum absolute atomic E-state index is 0.130. The van der Waals surface area contributed by atoms with Gasteiger partial charge in [-0.15, -0.1) is 11.8 Å². The molecule has 0 unspecified atom stereocenters. The van der Waals surface area contributed by atoms with Gasteiger partial charge in [0.1, 0.15) is 11.4 Å². The van der Waals surface area contributed by atoms with E-state index < -0.39 is 0 Å². The molecule has 0 aliphatic rings. The summed E-state index contributed by atoms with van der Waals surface area (Å²) in [5.74, 6) is 0.628. The van der Waals surface area contributed by atoms with E-state index in [0.717, 1.165) is 27.6 Å². The number of methoxy groups -OCH3 is 1. The number of carbonyl (C=O) groups excluding carboxylic acids is 1. The zero-order valence-corrected chi connectivity index (χ0v) is 19.9. The van der Waals surface area contributed by atoms with Crippen molar-refractivity contribution in [1.29, 1.82) is 0 Å². The number of hydrogen-bond acceptors (Lipinski definition) is 5. The van der Waals surface area contributed by atoms with E-state index in [2.05, 4.69) is 10.4 Å². The predicted octanol–water partition coefficient (Wildman–Crippen LogP) is 4.31. The van der Waals surface area contributed by atoms with E-state index in [1.807, 2.05) is 79.4 Å². The second-order valence-electron chi connectivity index (χ2n) is 7.74. The van der Waals surface area contributed by atoms with E-state index in [0.29, 0.717) is 23.3 Å². The summed E-state index contributed by atoms with van der Waals surface area (Å²) in [7, 11) is 3.52. The molecule has 0 bridgehead atoms. The molecular formula is C25H26N4O3S. The zero-order valence-electron chi connectivity index (χ0n) is 19.1. The number of ether oxygens (including phenoxy) is 1. The number of rotatable bonds is 7. The molecule has 0 radical (unpaired) electrons. The highest BCUT2D eigenvalue weighted by Crippen LogP contribution is 2.23. The first kappa shape index (κ1) is 22.7. The third-order valence-electron chi connectivity index (χ3n) is 5.77. The minimum atomic E-state index is -0.197. The molecule has 0 aliphatic carbocycles. The van der Waals surface area contributed by atoms with Gasteiger partial charge in [-0.25, -0.2) is 0 Å². The molecule has 33 heavy (non-hydrogen) atoms. The van der Waals surface area contributed by atoms with Crippen LogP contribution in [0.2, 0.25) is 0 Å². The molecule has 8 heteroatoms. The Labute approximate surface area is 196 Å². The van der Waals surface area contributed by atoms with Crippen molar-refractivity contribution in [3.63, 3.8) is 0 Å². The normalized spacial score (nSPS) is 11.0. The summed E-state index contributed by atoms with van der Waals surface area (Å²) < 4.78 is 8.57. The van der Waals surface area contributed by atoms with Crippen LogP contribution < -0.4 is 15.6 Å². The average molecular weight is 463 g/mol. The van der Waals surface area contributed by atoms with Gasteiger partial charge in [0.25, 0.3) is 5.56 Å². The van der Waals surface area contributed by atoms with Crippen molar-refractivity contribution in [3.8, 4) is 17.0 Å². The molecule has 2 aromatic heterocycles. The van der Waals surface area contributed by atoms with E-state index in [1.54, 1.807) is 18.9 Å². The van der Waals surface area contributed by atoms with Gasteiger partial charge in [0.2, 0.25) is 5.91 Å². The van der Waals surface area contributed by atoms with E-state index in [1.165, 1.54) is 4.52 Å². The molecule has 0 atom stereocenters. The first-order chi connectivity index (χ1) is 15.9. The fourth-order valence-electron chi connectivity index (χ4n) is 3.77. The predicted molar refractivity (Wildman–Crippen MR) is 132 cm³/mol.